The van der Waals surface area contributed by atoms with Gasteiger partial charge in [-0.1, -0.05) is 48.5 Å². The molecule has 4 aromatic rings. The number of halogens is 1. The Bertz CT molecular complexity index is 1590. The third-order valence-electron chi connectivity index (χ3n) is 7.31. The summed E-state index contributed by atoms with van der Waals surface area (Å²) in [6, 6.07) is 16.0. The highest BCUT2D eigenvalue weighted by molar-refractivity contribution is 6.34. The molecule has 2 aliphatic rings. The fraction of sp³-hybridized carbons (Fsp3) is 0.258. The van der Waals surface area contributed by atoms with Gasteiger partial charge in [-0.3, -0.25) is 9.69 Å². The summed E-state index contributed by atoms with van der Waals surface area (Å²) in [6.07, 6.45) is 4.45. The molecule has 0 bridgehead atoms. The van der Waals surface area contributed by atoms with Crippen LogP contribution >= 0.6 is 11.6 Å². The lowest BCUT2D eigenvalue weighted by atomic mass is 10.0. The molecule has 0 radical (unpaired) electrons. The first-order chi connectivity index (χ1) is 19.6. The average molecular weight is 556 g/mol. The van der Waals surface area contributed by atoms with Crippen LogP contribution in [-0.2, 0) is 16.0 Å². The molecular weight excluding hydrogens is 526 g/mol. The summed E-state index contributed by atoms with van der Waals surface area (Å²) in [7, 11) is 0. The van der Waals surface area contributed by atoms with E-state index in [0.29, 0.717) is 34.4 Å². The molecule has 1 aliphatic heterocycles. The number of rotatable bonds is 9. The van der Waals surface area contributed by atoms with Crippen molar-refractivity contribution < 1.29 is 14.3 Å². The molecule has 204 valence electrons. The molecule has 1 aromatic heterocycles. The van der Waals surface area contributed by atoms with Crippen molar-refractivity contribution in [1.82, 2.24) is 14.9 Å². The lowest BCUT2D eigenvalue weighted by molar-refractivity contribution is -0.111. The molecule has 1 aliphatic carbocycles. The second-order valence-corrected chi connectivity index (χ2v) is 10.3. The third-order valence-corrected chi connectivity index (χ3v) is 7.63. The number of nitrogens with zero attached hydrogens (tertiary/aromatic N) is 3. The molecule has 1 saturated heterocycles. The normalized spacial score (nSPS) is 14.4. The van der Waals surface area contributed by atoms with E-state index >= 15 is 0 Å². The van der Waals surface area contributed by atoms with Gasteiger partial charge in [-0.25, -0.2) is 9.97 Å². The smallest absolute Gasteiger partial charge is 0.247 e. The van der Waals surface area contributed by atoms with Gasteiger partial charge in [0.25, 0.3) is 0 Å². The van der Waals surface area contributed by atoms with Crippen LogP contribution in [0.5, 0.6) is 5.75 Å². The second kappa shape index (κ2) is 11.6. The lowest BCUT2D eigenvalue weighted by Crippen LogP contribution is -2.37. The predicted octanol–water partition coefficient (Wildman–Crippen LogP) is 5.82. The maximum absolute atomic E-state index is 12.3. The Morgan fingerprint density at radius 1 is 1.12 bits per heavy atom. The maximum Gasteiger partial charge on any atom is 0.247 e. The number of fused-ring (bicyclic) bond motifs is 4. The van der Waals surface area contributed by atoms with Gasteiger partial charge in [0.05, 0.1) is 41.7 Å². The number of nitrogens with one attached hydrogen (secondary N) is 2. The first kappa shape index (κ1) is 26.3. The number of ether oxygens (including phenoxy) is 2. The molecular formula is C31H30ClN5O3. The van der Waals surface area contributed by atoms with Gasteiger partial charge in [0.15, 0.2) is 0 Å². The van der Waals surface area contributed by atoms with Crippen molar-refractivity contribution in [3.63, 3.8) is 0 Å². The fourth-order valence-corrected chi connectivity index (χ4v) is 5.52. The average Bonchev–Trinajstić information content (AvgIpc) is 3.36. The fourth-order valence-electron chi connectivity index (χ4n) is 5.32. The Hall–Kier alpha value is -3.98. The van der Waals surface area contributed by atoms with Gasteiger partial charge in [-0.2, -0.15) is 0 Å². The van der Waals surface area contributed by atoms with Crippen LogP contribution in [0.15, 0.2) is 67.5 Å². The van der Waals surface area contributed by atoms with E-state index in [0.717, 1.165) is 67.9 Å². The molecule has 9 heteroatoms. The highest BCUT2D eigenvalue weighted by Gasteiger charge is 2.24. The van der Waals surface area contributed by atoms with E-state index < -0.39 is 0 Å². The molecule has 3 aromatic carbocycles. The van der Waals surface area contributed by atoms with E-state index in [9.17, 15) is 4.79 Å². The first-order valence-corrected chi connectivity index (χ1v) is 13.8. The number of carbonyl (C=O) groups excluding carboxylic acids is 1. The zero-order valence-corrected chi connectivity index (χ0v) is 22.8. The summed E-state index contributed by atoms with van der Waals surface area (Å²) < 4.78 is 11.6. The summed E-state index contributed by atoms with van der Waals surface area (Å²) in [4.78, 5) is 23.7. The molecule has 0 unspecified atom stereocenters. The number of anilines is 3. The van der Waals surface area contributed by atoms with Crippen LogP contribution in [0.3, 0.4) is 0 Å². The van der Waals surface area contributed by atoms with Crippen LogP contribution in [0, 0.1) is 0 Å². The van der Waals surface area contributed by atoms with Gasteiger partial charge in [0.2, 0.25) is 5.91 Å². The first-order valence-electron chi connectivity index (χ1n) is 13.4. The van der Waals surface area contributed by atoms with Gasteiger partial charge >= 0.3 is 0 Å². The number of carbonyl (C=O) groups is 1. The zero-order chi connectivity index (χ0) is 27.5. The van der Waals surface area contributed by atoms with Crippen molar-refractivity contribution in [3.8, 4) is 16.9 Å². The van der Waals surface area contributed by atoms with Crippen molar-refractivity contribution in [3.05, 3.63) is 83.7 Å². The largest absolute Gasteiger partial charge is 0.491 e. The van der Waals surface area contributed by atoms with Gasteiger partial charge < -0.3 is 20.1 Å². The van der Waals surface area contributed by atoms with Crippen LogP contribution < -0.4 is 15.4 Å². The van der Waals surface area contributed by atoms with Crippen molar-refractivity contribution in [2.45, 2.75) is 12.8 Å². The van der Waals surface area contributed by atoms with Gasteiger partial charge in [-0.05, 0) is 47.7 Å². The summed E-state index contributed by atoms with van der Waals surface area (Å²) in [6.45, 7) is 8.42. The van der Waals surface area contributed by atoms with E-state index in [2.05, 4.69) is 56.3 Å². The summed E-state index contributed by atoms with van der Waals surface area (Å²) >= 11 is 6.74. The Kier molecular flexibility index (Phi) is 7.64. The van der Waals surface area contributed by atoms with E-state index in [1.807, 2.05) is 24.3 Å². The highest BCUT2D eigenvalue weighted by Crippen LogP contribution is 2.46. The molecule has 2 heterocycles. The monoisotopic (exact) mass is 555 g/mol. The second-order valence-electron chi connectivity index (χ2n) is 9.85. The molecule has 0 atom stereocenters. The zero-order valence-electron chi connectivity index (χ0n) is 22.1. The van der Waals surface area contributed by atoms with Crippen molar-refractivity contribution in [1.29, 1.82) is 0 Å². The standard InChI is InChI=1S/C31H30ClN5O3/c1-2-28(38)35-26-17-23-25(18-27(26)40-13-5-10-37-11-14-39-15-12-37)33-19-34-31(23)36-30-24(32)9-8-21-16-20-6-3-4-7-22(20)29(21)30/h2-4,6-9,17-19H,1,5,10-16H2,(H,35,38)(H,33,34,36). The SMILES string of the molecule is C=CC(=O)Nc1cc2c(Nc3c(Cl)ccc4c3-c3ccccc3C4)ncnc2cc1OCCCN1CCOCC1. The van der Waals surface area contributed by atoms with E-state index in [-0.39, 0.29) is 5.91 Å². The summed E-state index contributed by atoms with van der Waals surface area (Å²) in [5.74, 6) is 0.795. The maximum atomic E-state index is 12.3. The van der Waals surface area contributed by atoms with Crippen LogP contribution in [0.4, 0.5) is 17.2 Å². The topological polar surface area (TPSA) is 88.6 Å². The van der Waals surface area contributed by atoms with E-state index in [4.69, 9.17) is 21.1 Å². The Labute approximate surface area is 238 Å². The molecule has 0 spiro atoms. The lowest BCUT2D eigenvalue weighted by Gasteiger charge is -2.26. The van der Waals surface area contributed by atoms with Crippen LogP contribution in [-0.4, -0.2) is 60.2 Å². The number of hydrogen-bond donors (Lipinski definition) is 2. The molecule has 40 heavy (non-hydrogen) atoms. The van der Waals surface area contributed by atoms with Crippen LogP contribution in [0.2, 0.25) is 5.02 Å². The molecule has 8 nitrogen and oxygen atoms in total. The molecule has 2 N–H and O–H groups in total. The molecule has 0 saturated carbocycles. The van der Waals surface area contributed by atoms with Gasteiger partial charge in [-0.15, -0.1) is 0 Å². The van der Waals surface area contributed by atoms with Gasteiger partial charge in [0, 0.05) is 36.7 Å². The minimum atomic E-state index is -0.329. The summed E-state index contributed by atoms with van der Waals surface area (Å²) in [5, 5.41) is 7.69. The number of aromatic nitrogens is 2. The van der Waals surface area contributed by atoms with Crippen molar-refractivity contribution >= 4 is 45.6 Å². The van der Waals surface area contributed by atoms with E-state index in [1.165, 1.54) is 23.5 Å². The Balaban J connectivity index is 1.31. The van der Waals surface area contributed by atoms with Crippen molar-refractivity contribution in [2.75, 3.05) is 50.1 Å². The number of hydrogen-bond acceptors (Lipinski definition) is 7. The molecule has 6 rings (SSSR count). The van der Waals surface area contributed by atoms with E-state index in [1.54, 1.807) is 0 Å². The number of amides is 1. The molecule has 1 amide bonds. The number of morpholine rings is 1. The Morgan fingerprint density at radius 2 is 1.98 bits per heavy atom. The molecule has 1 fully saturated rings. The Morgan fingerprint density at radius 3 is 2.83 bits per heavy atom. The quantitative estimate of drug-likeness (QED) is 0.175. The van der Waals surface area contributed by atoms with Crippen LogP contribution in [0.1, 0.15) is 17.5 Å². The predicted molar refractivity (Wildman–Crippen MR) is 159 cm³/mol. The summed E-state index contributed by atoms with van der Waals surface area (Å²) in [5.41, 5.74) is 6.71. The minimum absolute atomic E-state index is 0.329. The van der Waals surface area contributed by atoms with Crippen LogP contribution in [0.25, 0.3) is 22.0 Å². The minimum Gasteiger partial charge on any atom is -0.491 e. The van der Waals surface area contributed by atoms with Gasteiger partial charge in [0.1, 0.15) is 17.9 Å². The third kappa shape index (κ3) is 5.38. The highest BCUT2D eigenvalue weighted by atomic mass is 35.5. The van der Waals surface area contributed by atoms with Crippen molar-refractivity contribution in [2.24, 2.45) is 0 Å². The number of benzene rings is 3.